The van der Waals surface area contributed by atoms with E-state index in [2.05, 4.69) is 10.1 Å². The maximum Gasteiger partial charge on any atom is 0.358 e. The van der Waals surface area contributed by atoms with Gasteiger partial charge in [0, 0.05) is 12.3 Å². The lowest BCUT2D eigenvalue weighted by Gasteiger charge is -2.06. The Morgan fingerprint density at radius 3 is 2.96 bits per heavy atom. The van der Waals surface area contributed by atoms with Crippen LogP contribution in [0.3, 0.4) is 0 Å². The monoisotopic (exact) mass is 345 g/mol. The molecule has 0 fully saturated rings. The Kier molecular flexibility index (Phi) is 4.96. The number of hydrogen-bond donors (Lipinski definition) is 0. The number of furan rings is 1. The zero-order valence-corrected chi connectivity index (χ0v) is 13.9. The van der Waals surface area contributed by atoms with Crippen molar-refractivity contribution in [3.05, 3.63) is 53.5 Å². The van der Waals surface area contributed by atoms with Gasteiger partial charge in [-0.2, -0.15) is 5.10 Å². The molecule has 3 aromatic heterocycles. The first-order valence-electron chi connectivity index (χ1n) is 7.62. The number of pyridine rings is 1. The Balaban J connectivity index is 2.01. The first kappa shape index (κ1) is 16.3. The molecule has 3 rings (SSSR count). The van der Waals surface area contributed by atoms with E-state index >= 15 is 0 Å². The van der Waals surface area contributed by atoms with Crippen LogP contribution in [0.5, 0.6) is 0 Å². The molecule has 0 aromatic carbocycles. The molecule has 0 saturated carbocycles. The normalized spacial score (nSPS) is 10.8. The number of ether oxygens (including phenoxy) is 1. The molecular weight excluding hydrogens is 330 g/mol. The average Bonchev–Trinajstić information content (AvgIpc) is 3.25. The van der Waals surface area contributed by atoms with Gasteiger partial charge in [0.25, 0.3) is 0 Å². The third kappa shape index (κ3) is 3.33. The topological polar surface area (TPSA) is 70.2 Å². The summed E-state index contributed by atoms with van der Waals surface area (Å²) >= 11 is 6.21. The molecule has 0 N–H and O–H groups in total. The van der Waals surface area contributed by atoms with Crippen molar-refractivity contribution in [2.45, 2.75) is 19.8 Å². The molecular formula is C17H16ClN3O3. The molecule has 3 heterocycles. The van der Waals surface area contributed by atoms with Crippen LogP contribution in [-0.4, -0.2) is 27.3 Å². The second-order valence-corrected chi connectivity index (χ2v) is 5.51. The van der Waals surface area contributed by atoms with Crippen LogP contribution in [0.4, 0.5) is 0 Å². The summed E-state index contributed by atoms with van der Waals surface area (Å²) in [6.45, 7) is 2.39. The van der Waals surface area contributed by atoms with E-state index in [1.807, 2.05) is 6.92 Å². The molecule has 0 unspecified atom stereocenters. The highest BCUT2D eigenvalue weighted by Crippen LogP contribution is 2.27. The highest BCUT2D eigenvalue weighted by molar-refractivity contribution is 6.32. The molecule has 0 spiro atoms. The van der Waals surface area contributed by atoms with Crippen molar-refractivity contribution >= 4 is 17.6 Å². The summed E-state index contributed by atoms with van der Waals surface area (Å²) in [6.07, 6.45) is 4.91. The van der Waals surface area contributed by atoms with Crippen molar-refractivity contribution in [2.75, 3.05) is 6.61 Å². The predicted molar refractivity (Wildman–Crippen MR) is 89.3 cm³/mol. The second-order valence-electron chi connectivity index (χ2n) is 5.10. The predicted octanol–water partition coefficient (Wildman–Crippen LogP) is 4.14. The number of rotatable bonds is 6. The van der Waals surface area contributed by atoms with E-state index in [1.54, 1.807) is 42.8 Å². The summed E-state index contributed by atoms with van der Waals surface area (Å²) in [5, 5.41) is 4.73. The van der Waals surface area contributed by atoms with E-state index in [-0.39, 0.29) is 5.69 Å². The smallest absolute Gasteiger partial charge is 0.358 e. The van der Waals surface area contributed by atoms with E-state index in [1.165, 1.54) is 4.68 Å². The highest BCUT2D eigenvalue weighted by atomic mass is 35.5. The molecule has 3 aromatic rings. The lowest BCUT2D eigenvalue weighted by Crippen LogP contribution is -2.08. The number of carbonyl (C=O) groups is 1. The minimum atomic E-state index is -0.484. The first-order valence-corrected chi connectivity index (χ1v) is 8.00. The van der Waals surface area contributed by atoms with Crippen LogP contribution in [0.25, 0.3) is 17.3 Å². The number of aromatic nitrogens is 3. The molecule has 0 radical (unpaired) electrons. The third-order valence-electron chi connectivity index (χ3n) is 3.36. The van der Waals surface area contributed by atoms with Gasteiger partial charge >= 0.3 is 5.97 Å². The lowest BCUT2D eigenvalue weighted by atomic mass is 10.3. The van der Waals surface area contributed by atoms with Crippen molar-refractivity contribution < 1.29 is 13.9 Å². The zero-order valence-electron chi connectivity index (χ0n) is 13.1. The number of carbonyl (C=O) groups excluding carboxylic acids is 1. The summed E-state index contributed by atoms with van der Waals surface area (Å²) < 4.78 is 12.1. The van der Waals surface area contributed by atoms with Crippen LogP contribution in [0.1, 0.15) is 30.3 Å². The minimum Gasteiger partial charge on any atom is -0.463 e. The van der Waals surface area contributed by atoms with Crippen molar-refractivity contribution in [2.24, 2.45) is 0 Å². The molecule has 0 aliphatic heterocycles. The van der Waals surface area contributed by atoms with Gasteiger partial charge in [-0.1, -0.05) is 24.9 Å². The van der Waals surface area contributed by atoms with Crippen LogP contribution in [-0.2, 0) is 4.74 Å². The van der Waals surface area contributed by atoms with Crippen molar-refractivity contribution in [3.8, 4) is 17.3 Å². The standard InChI is InChI=1S/C17H16ClN3O3/c1-2-3-9-24-17(22)13-11-14(15-7-5-10-23-15)21(20-13)16-12(18)6-4-8-19-16/h4-8,10-11H,2-3,9H2,1H3. The quantitative estimate of drug-likeness (QED) is 0.496. The summed E-state index contributed by atoms with van der Waals surface area (Å²) in [6, 6.07) is 8.57. The Bertz CT molecular complexity index is 827. The van der Waals surface area contributed by atoms with Gasteiger partial charge in [0.05, 0.1) is 17.9 Å². The lowest BCUT2D eigenvalue weighted by molar-refractivity contribution is 0.0492. The molecule has 0 aliphatic rings. The van der Waals surface area contributed by atoms with Crippen LogP contribution < -0.4 is 0 Å². The summed E-state index contributed by atoms with van der Waals surface area (Å²) in [5.74, 6) is 0.483. The molecule has 0 atom stereocenters. The van der Waals surface area contributed by atoms with Gasteiger partial charge in [0.15, 0.2) is 17.3 Å². The van der Waals surface area contributed by atoms with Crippen LogP contribution >= 0.6 is 11.6 Å². The SMILES string of the molecule is CCCCOC(=O)c1cc(-c2ccco2)n(-c2ncccc2Cl)n1. The fourth-order valence-corrected chi connectivity index (χ4v) is 2.36. The van der Waals surface area contributed by atoms with Crippen LogP contribution in [0.15, 0.2) is 47.2 Å². The van der Waals surface area contributed by atoms with Gasteiger partial charge in [-0.15, -0.1) is 0 Å². The molecule has 0 bridgehead atoms. The number of nitrogens with zero attached hydrogens (tertiary/aromatic N) is 3. The Morgan fingerprint density at radius 2 is 2.25 bits per heavy atom. The van der Waals surface area contributed by atoms with E-state index in [4.69, 9.17) is 20.8 Å². The summed E-state index contributed by atoms with van der Waals surface area (Å²) in [4.78, 5) is 16.4. The number of halogens is 1. The van der Waals surface area contributed by atoms with Gasteiger partial charge in [0.2, 0.25) is 0 Å². The first-order chi connectivity index (χ1) is 11.7. The van der Waals surface area contributed by atoms with Gasteiger partial charge in [-0.05, 0) is 30.7 Å². The number of esters is 1. The maximum atomic E-state index is 12.2. The van der Waals surface area contributed by atoms with E-state index in [0.717, 1.165) is 12.8 Å². The number of unbranched alkanes of at least 4 members (excludes halogenated alkanes) is 1. The van der Waals surface area contributed by atoms with Gasteiger partial charge in [-0.25, -0.2) is 14.5 Å². The maximum absolute atomic E-state index is 12.2. The van der Waals surface area contributed by atoms with Gasteiger partial charge < -0.3 is 9.15 Å². The van der Waals surface area contributed by atoms with Crippen LogP contribution in [0, 0.1) is 0 Å². The van der Waals surface area contributed by atoms with Crippen LogP contribution in [0.2, 0.25) is 5.02 Å². The van der Waals surface area contributed by atoms with Gasteiger partial charge in [0.1, 0.15) is 5.69 Å². The van der Waals surface area contributed by atoms with Crippen molar-refractivity contribution in [3.63, 3.8) is 0 Å². The fraction of sp³-hybridized carbons (Fsp3) is 0.235. The van der Waals surface area contributed by atoms with Gasteiger partial charge in [-0.3, -0.25) is 0 Å². The molecule has 0 saturated heterocycles. The molecule has 7 heteroatoms. The van der Waals surface area contributed by atoms with Crippen molar-refractivity contribution in [1.29, 1.82) is 0 Å². The zero-order chi connectivity index (χ0) is 16.9. The summed E-state index contributed by atoms with van der Waals surface area (Å²) in [5.41, 5.74) is 0.752. The molecule has 0 aliphatic carbocycles. The minimum absolute atomic E-state index is 0.180. The Labute approximate surface area is 144 Å². The fourth-order valence-electron chi connectivity index (χ4n) is 2.16. The second kappa shape index (κ2) is 7.31. The molecule has 0 amide bonds. The molecule has 24 heavy (non-hydrogen) atoms. The molecule has 124 valence electrons. The Morgan fingerprint density at radius 1 is 1.38 bits per heavy atom. The van der Waals surface area contributed by atoms with Crippen molar-refractivity contribution in [1.82, 2.24) is 14.8 Å². The summed E-state index contributed by atoms with van der Waals surface area (Å²) in [7, 11) is 0. The average molecular weight is 346 g/mol. The van der Waals surface area contributed by atoms with E-state index < -0.39 is 5.97 Å². The third-order valence-corrected chi connectivity index (χ3v) is 3.66. The number of hydrogen-bond acceptors (Lipinski definition) is 5. The highest BCUT2D eigenvalue weighted by Gasteiger charge is 2.21. The van der Waals surface area contributed by atoms with E-state index in [0.29, 0.717) is 28.9 Å². The van der Waals surface area contributed by atoms with E-state index in [9.17, 15) is 4.79 Å². The largest absolute Gasteiger partial charge is 0.463 e. The molecule has 6 nitrogen and oxygen atoms in total. The Hall–Kier alpha value is -2.60.